The highest BCUT2D eigenvalue weighted by Gasteiger charge is 2.19. The van der Waals surface area contributed by atoms with Crippen LogP contribution in [0.25, 0.3) is 6.08 Å². The second kappa shape index (κ2) is 10.8. The summed E-state index contributed by atoms with van der Waals surface area (Å²) >= 11 is 0. The van der Waals surface area contributed by atoms with E-state index in [1.165, 1.54) is 5.56 Å². The summed E-state index contributed by atoms with van der Waals surface area (Å²) in [5.74, 6) is 0.978. The molecule has 0 atom stereocenters. The number of carbonyl (C=O) groups excluding carboxylic acids is 1. The lowest BCUT2D eigenvalue weighted by Crippen LogP contribution is -2.46. The van der Waals surface area contributed by atoms with Gasteiger partial charge in [-0.05, 0) is 24.1 Å². The maximum atomic E-state index is 12.6. The number of nitrogens with zero attached hydrogens (tertiary/aromatic N) is 4. The Hall–Kier alpha value is -2.66. The van der Waals surface area contributed by atoms with Gasteiger partial charge in [0.25, 0.3) is 5.91 Å². The number of hydrogen-bond acceptors (Lipinski definition) is 4. The summed E-state index contributed by atoms with van der Waals surface area (Å²) in [6, 6.07) is 14.2. The van der Waals surface area contributed by atoms with Crippen molar-refractivity contribution in [3.8, 4) is 0 Å². The molecule has 1 aliphatic heterocycles. The van der Waals surface area contributed by atoms with Crippen LogP contribution in [0.3, 0.4) is 0 Å². The zero-order valence-electron chi connectivity index (χ0n) is 17.6. The Morgan fingerprint density at radius 2 is 1.90 bits per heavy atom. The summed E-state index contributed by atoms with van der Waals surface area (Å²) in [5.41, 5.74) is 1.96. The molecule has 1 aromatic heterocycles. The van der Waals surface area contributed by atoms with E-state index in [2.05, 4.69) is 58.1 Å². The number of unbranched alkanes of at least 4 members (excludes halogenated alkanes) is 1. The van der Waals surface area contributed by atoms with Gasteiger partial charge in [0.2, 0.25) is 0 Å². The fourth-order valence-electron chi connectivity index (χ4n) is 3.50. The molecule has 1 aromatic carbocycles. The van der Waals surface area contributed by atoms with E-state index in [9.17, 15) is 4.79 Å². The molecule has 0 spiro atoms. The van der Waals surface area contributed by atoms with Gasteiger partial charge in [0, 0.05) is 58.1 Å². The lowest BCUT2D eigenvalue weighted by atomic mass is 10.2. The molecule has 0 bridgehead atoms. The summed E-state index contributed by atoms with van der Waals surface area (Å²) < 4.78 is 0. The third kappa shape index (κ3) is 6.16. The third-order valence-electron chi connectivity index (χ3n) is 5.36. The molecule has 1 amide bonds. The Labute approximate surface area is 174 Å². The highest BCUT2D eigenvalue weighted by atomic mass is 16.2. The molecule has 0 aliphatic carbocycles. The van der Waals surface area contributed by atoms with Crippen LogP contribution in [0.15, 0.2) is 54.7 Å². The lowest BCUT2D eigenvalue weighted by molar-refractivity contribution is 0.0793. The summed E-state index contributed by atoms with van der Waals surface area (Å²) in [5, 5.41) is 0. The molecular formula is C24H32N4O. The Morgan fingerprint density at radius 3 is 2.62 bits per heavy atom. The van der Waals surface area contributed by atoms with Crippen molar-refractivity contribution >= 4 is 17.8 Å². The van der Waals surface area contributed by atoms with E-state index in [4.69, 9.17) is 0 Å². The normalized spacial score (nSPS) is 15.0. The SMILES string of the molecule is CCCCN(C)C(=O)c1ccnc(N2CCN(C/C=C/c3ccccc3)CC2)c1. The third-order valence-corrected chi connectivity index (χ3v) is 5.36. The minimum absolute atomic E-state index is 0.0757. The highest BCUT2D eigenvalue weighted by Crippen LogP contribution is 2.16. The second-order valence-corrected chi connectivity index (χ2v) is 7.58. The molecule has 5 heteroatoms. The van der Waals surface area contributed by atoms with Gasteiger partial charge in [-0.25, -0.2) is 4.98 Å². The predicted molar refractivity (Wildman–Crippen MR) is 120 cm³/mol. The van der Waals surface area contributed by atoms with E-state index in [1.54, 1.807) is 11.1 Å². The van der Waals surface area contributed by atoms with Gasteiger partial charge in [0.1, 0.15) is 5.82 Å². The predicted octanol–water partition coefficient (Wildman–Crippen LogP) is 3.79. The van der Waals surface area contributed by atoms with E-state index in [0.717, 1.165) is 63.5 Å². The first-order valence-corrected chi connectivity index (χ1v) is 10.6. The number of aromatic nitrogens is 1. The van der Waals surface area contributed by atoms with Crippen LogP contribution >= 0.6 is 0 Å². The smallest absolute Gasteiger partial charge is 0.253 e. The summed E-state index contributed by atoms with van der Waals surface area (Å²) in [6.45, 7) is 7.73. The molecule has 2 aromatic rings. The lowest BCUT2D eigenvalue weighted by Gasteiger charge is -2.35. The topological polar surface area (TPSA) is 39.7 Å². The average Bonchev–Trinajstić information content (AvgIpc) is 2.78. The molecule has 1 saturated heterocycles. The standard InChI is InChI=1S/C24H32N4O/c1-3-4-14-26(2)24(29)22-12-13-25-23(20-22)28-18-16-27(17-19-28)15-8-11-21-9-6-5-7-10-21/h5-13,20H,3-4,14-19H2,1-2H3/b11-8+. The van der Waals surface area contributed by atoms with Crippen molar-refractivity contribution < 1.29 is 4.79 Å². The zero-order valence-corrected chi connectivity index (χ0v) is 17.6. The van der Waals surface area contributed by atoms with Gasteiger partial charge in [-0.15, -0.1) is 0 Å². The van der Waals surface area contributed by atoms with Crippen LogP contribution in [-0.2, 0) is 0 Å². The molecule has 0 radical (unpaired) electrons. The molecular weight excluding hydrogens is 360 g/mol. The van der Waals surface area contributed by atoms with Crippen molar-refractivity contribution in [1.29, 1.82) is 0 Å². The van der Waals surface area contributed by atoms with E-state index < -0.39 is 0 Å². The number of anilines is 1. The largest absolute Gasteiger partial charge is 0.354 e. The zero-order chi connectivity index (χ0) is 20.5. The summed E-state index contributed by atoms with van der Waals surface area (Å²) in [6.07, 6.45) is 8.28. The van der Waals surface area contributed by atoms with Crippen LogP contribution in [0.2, 0.25) is 0 Å². The summed E-state index contributed by atoms with van der Waals surface area (Å²) in [7, 11) is 1.87. The van der Waals surface area contributed by atoms with Crippen molar-refractivity contribution in [3.63, 3.8) is 0 Å². The number of carbonyl (C=O) groups is 1. The summed E-state index contributed by atoms with van der Waals surface area (Å²) in [4.78, 5) is 23.7. The minimum atomic E-state index is 0.0757. The highest BCUT2D eigenvalue weighted by molar-refractivity contribution is 5.94. The van der Waals surface area contributed by atoms with Crippen LogP contribution in [0.1, 0.15) is 35.7 Å². The molecule has 0 unspecified atom stereocenters. The average molecular weight is 393 g/mol. The molecule has 5 nitrogen and oxygen atoms in total. The fourth-order valence-corrected chi connectivity index (χ4v) is 3.50. The van der Waals surface area contributed by atoms with Crippen molar-refractivity contribution in [3.05, 3.63) is 65.9 Å². The van der Waals surface area contributed by atoms with Gasteiger partial charge >= 0.3 is 0 Å². The fraction of sp³-hybridized carbons (Fsp3) is 0.417. The maximum Gasteiger partial charge on any atom is 0.253 e. The van der Waals surface area contributed by atoms with Gasteiger partial charge in [-0.2, -0.15) is 0 Å². The first-order chi connectivity index (χ1) is 14.2. The number of benzene rings is 1. The van der Waals surface area contributed by atoms with Crippen molar-refractivity contribution in [2.45, 2.75) is 19.8 Å². The molecule has 0 saturated carbocycles. The van der Waals surface area contributed by atoms with Crippen LogP contribution in [0.4, 0.5) is 5.82 Å². The van der Waals surface area contributed by atoms with Crippen LogP contribution in [-0.4, -0.2) is 67.0 Å². The van der Waals surface area contributed by atoms with Gasteiger partial charge in [0.05, 0.1) is 0 Å². The van der Waals surface area contributed by atoms with Gasteiger partial charge < -0.3 is 9.80 Å². The molecule has 2 heterocycles. The molecule has 154 valence electrons. The van der Waals surface area contributed by atoms with Gasteiger partial charge in [0.15, 0.2) is 0 Å². The van der Waals surface area contributed by atoms with E-state index >= 15 is 0 Å². The maximum absolute atomic E-state index is 12.6. The van der Waals surface area contributed by atoms with Crippen LogP contribution in [0, 0.1) is 0 Å². The Bertz CT molecular complexity index is 798. The molecule has 1 fully saturated rings. The van der Waals surface area contributed by atoms with Crippen molar-refractivity contribution in [2.24, 2.45) is 0 Å². The van der Waals surface area contributed by atoms with E-state index in [-0.39, 0.29) is 5.91 Å². The molecule has 1 aliphatic rings. The van der Waals surface area contributed by atoms with Crippen molar-refractivity contribution in [2.75, 3.05) is 51.2 Å². The Balaban J connectivity index is 1.51. The second-order valence-electron chi connectivity index (χ2n) is 7.58. The Kier molecular flexibility index (Phi) is 7.82. The molecule has 29 heavy (non-hydrogen) atoms. The monoisotopic (exact) mass is 392 g/mol. The van der Waals surface area contributed by atoms with Crippen LogP contribution < -0.4 is 4.90 Å². The Morgan fingerprint density at radius 1 is 1.14 bits per heavy atom. The molecule has 3 rings (SSSR count). The quantitative estimate of drug-likeness (QED) is 0.685. The number of rotatable bonds is 8. The van der Waals surface area contributed by atoms with Gasteiger partial charge in [-0.3, -0.25) is 9.69 Å². The first-order valence-electron chi connectivity index (χ1n) is 10.6. The minimum Gasteiger partial charge on any atom is -0.354 e. The number of piperazine rings is 1. The van der Waals surface area contributed by atoms with E-state index in [0.29, 0.717) is 0 Å². The number of pyridine rings is 1. The van der Waals surface area contributed by atoms with Crippen LogP contribution in [0.5, 0.6) is 0 Å². The van der Waals surface area contributed by atoms with Crippen molar-refractivity contribution in [1.82, 2.24) is 14.8 Å². The number of amides is 1. The first kappa shape index (κ1) is 21.1. The number of hydrogen-bond donors (Lipinski definition) is 0. The molecule has 0 N–H and O–H groups in total. The van der Waals surface area contributed by atoms with E-state index in [1.807, 2.05) is 25.2 Å². The van der Waals surface area contributed by atoms with Gasteiger partial charge in [-0.1, -0.05) is 55.8 Å².